The van der Waals surface area contributed by atoms with Crippen LogP contribution < -0.4 is 10.6 Å². The van der Waals surface area contributed by atoms with Gasteiger partial charge in [-0.25, -0.2) is 4.79 Å². The molecule has 1 aliphatic heterocycles. The Kier molecular flexibility index (Phi) is 8.50. The number of carbonyl (C=O) groups is 3. The zero-order chi connectivity index (χ0) is 16.4. The van der Waals surface area contributed by atoms with Crippen LogP contribution in [0.1, 0.15) is 39.5 Å². The number of unbranched alkanes of at least 4 members (excludes halogenated alkanes) is 1. The first-order chi connectivity index (χ1) is 10.6. The van der Waals surface area contributed by atoms with Crippen LogP contribution in [0.25, 0.3) is 0 Å². The molecule has 0 atom stereocenters. The van der Waals surface area contributed by atoms with E-state index in [0.29, 0.717) is 39.1 Å². The quantitative estimate of drug-likeness (QED) is 0.538. The fourth-order valence-corrected chi connectivity index (χ4v) is 2.38. The maximum absolute atomic E-state index is 11.8. The van der Waals surface area contributed by atoms with Gasteiger partial charge in [0.1, 0.15) is 0 Å². The molecule has 3 amide bonds. The summed E-state index contributed by atoms with van der Waals surface area (Å²) in [6.45, 7) is 6.29. The second-order valence-electron chi connectivity index (χ2n) is 5.46. The summed E-state index contributed by atoms with van der Waals surface area (Å²) in [4.78, 5) is 36.8. The van der Waals surface area contributed by atoms with E-state index in [1.807, 2.05) is 11.8 Å². The van der Waals surface area contributed by atoms with E-state index < -0.39 is 6.03 Å². The molecule has 126 valence electrons. The molecule has 0 aromatic heterocycles. The third-order valence-corrected chi connectivity index (χ3v) is 3.64. The summed E-state index contributed by atoms with van der Waals surface area (Å²) >= 11 is 0. The van der Waals surface area contributed by atoms with Crippen molar-refractivity contribution in [3.8, 4) is 0 Å². The molecule has 1 saturated heterocycles. The molecule has 1 heterocycles. The number of hydrogen-bond acceptors (Lipinski definition) is 5. The lowest BCUT2D eigenvalue weighted by Gasteiger charge is -2.30. The molecule has 2 N–H and O–H groups in total. The largest absolute Gasteiger partial charge is 0.466 e. The van der Waals surface area contributed by atoms with Crippen LogP contribution in [0.2, 0.25) is 0 Å². The van der Waals surface area contributed by atoms with Crippen LogP contribution in [0.15, 0.2) is 0 Å². The molecule has 0 spiro atoms. The zero-order valence-corrected chi connectivity index (χ0v) is 13.5. The maximum Gasteiger partial charge on any atom is 0.321 e. The van der Waals surface area contributed by atoms with Gasteiger partial charge in [0.25, 0.3) is 0 Å². The van der Waals surface area contributed by atoms with E-state index in [1.165, 1.54) is 0 Å². The van der Waals surface area contributed by atoms with E-state index in [-0.39, 0.29) is 24.3 Å². The van der Waals surface area contributed by atoms with E-state index in [9.17, 15) is 14.4 Å². The van der Waals surface area contributed by atoms with E-state index in [2.05, 4.69) is 10.6 Å². The normalized spacial score (nSPS) is 16.1. The number of urea groups is 1. The molecule has 22 heavy (non-hydrogen) atoms. The Labute approximate surface area is 131 Å². The number of piperidine rings is 1. The van der Waals surface area contributed by atoms with Crippen LogP contribution in [0.5, 0.6) is 0 Å². The highest BCUT2D eigenvalue weighted by Gasteiger charge is 2.26. The Morgan fingerprint density at radius 3 is 2.45 bits per heavy atom. The summed E-state index contributed by atoms with van der Waals surface area (Å²) < 4.78 is 5.01. The Balaban J connectivity index is 2.21. The molecule has 0 aromatic carbocycles. The van der Waals surface area contributed by atoms with E-state index in [1.54, 1.807) is 6.92 Å². The number of likely N-dealkylation sites (tertiary alicyclic amines) is 1. The number of ether oxygens (including phenoxy) is 1. The Bertz CT molecular complexity index is 379. The summed E-state index contributed by atoms with van der Waals surface area (Å²) in [5, 5.41) is 4.96. The van der Waals surface area contributed by atoms with E-state index in [4.69, 9.17) is 4.74 Å². The number of nitrogens with one attached hydrogen (secondary N) is 2. The van der Waals surface area contributed by atoms with Crippen LogP contribution in [0, 0.1) is 5.92 Å². The molecule has 7 nitrogen and oxygen atoms in total. The topological polar surface area (TPSA) is 87.7 Å². The van der Waals surface area contributed by atoms with Crippen LogP contribution in [0.3, 0.4) is 0 Å². The summed E-state index contributed by atoms with van der Waals surface area (Å²) in [6, 6.07) is -0.445. The van der Waals surface area contributed by atoms with Crippen LogP contribution in [-0.2, 0) is 14.3 Å². The van der Waals surface area contributed by atoms with Gasteiger partial charge in [-0.2, -0.15) is 0 Å². The van der Waals surface area contributed by atoms with Crippen LogP contribution >= 0.6 is 0 Å². The van der Waals surface area contributed by atoms with Crippen molar-refractivity contribution in [2.45, 2.75) is 39.5 Å². The van der Waals surface area contributed by atoms with Gasteiger partial charge in [-0.3, -0.25) is 19.8 Å². The molecular weight excluding hydrogens is 286 g/mol. The molecule has 0 saturated carbocycles. The standard InChI is InChI=1S/C15H27N3O4/c1-3-5-8-16-15(21)17-13(19)11-18-9-6-12(7-10-18)14(20)22-4-2/h12H,3-11H2,1-2H3,(H2,16,17,19,21). The van der Waals surface area contributed by atoms with Gasteiger partial charge < -0.3 is 10.1 Å². The minimum absolute atomic E-state index is 0.0726. The summed E-state index contributed by atoms with van der Waals surface area (Å²) in [7, 11) is 0. The molecule has 1 rings (SSSR count). The van der Waals surface area contributed by atoms with Crippen molar-refractivity contribution in [3.63, 3.8) is 0 Å². The summed E-state index contributed by atoms with van der Waals surface area (Å²) in [5.41, 5.74) is 0. The van der Waals surface area contributed by atoms with Crippen molar-refractivity contribution in [3.05, 3.63) is 0 Å². The highest BCUT2D eigenvalue weighted by molar-refractivity contribution is 5.95. The maximum atomic E-state index is 11.8. The first kappa shape index (κ1) is 18.4. The van der Waals surface area contributed by atoms with Crippen molar-refractivity contribution in [1.29, 1.82) is 0 Å². The number of esters is 1. The van der Waals surface area contributed by atoms with Gasteiger partial charge in [0.2, 0.25) is 5.91 Å². The number of nitrogens with zero attached hydrogens (tertiary/aromatic N) is 1. The first-order valence-electron chi connectivity index (χ1n) is 8.03. The number of hydrogen-bond donors (Lipinski definition) is 2. The molecule has 7 heteroatoms. The average molecular weight is 313 g/mol. The molecule has 0 radical (unpaired) electrons. The molecule has 0 unspecified atom stereocenters. The van der Waals surface area contributed by atoms with Crippen molar-refractivity contribution in [2.24, 2.45) is 5.92 Å². The fourth-order valence-electron chi connectivity index (χ4n) is 2.38. The van der Waals surface area contributed by atoms with Crippen molar-refractivity contribution < 1.29 is 19.1 Å². The minimum Gasteiger partial charge on any atom is -0.466 e. The highest BCUT2D eigenvalue weighted by Crippen LogP contribution is 2.18. The van der Waals surface area contributed by atoms with Gasteiger partial charge in [-0.15, -0.1) is 0 Å². The van der Waals surface area contributed by atoms with Crippen LogP contribution in [0.4, 0.5) is 4.79 Å². The molecular formula is C15H27N3O4. The van der Waals surface area contributed by atoms with Crippen LogP contribution in [-0.4, -0.2) is 55.6 Å². The van der Waals surface area contributed by atoms with E-state index >= 15 is 0 Å². The summed E-state index contributed by atoms with van der Waals surface area (Å²) in [5.74, 6) is -0.540. The summed E-state index contributed by atoms with van der Waals surface area (Å²) in [6.07, 6.45) is 3.26. The number of carbonyl (C=O) groups excluding carboxylic acids is 3. The van der Waals surface area contributed by atoms with Gasteiger partial charge in [0.05, 0.1) is 19.1 Å². The van der Waals surface area contributed by atoms with Gasteiger partial charge in [-0.05, 0) is 39.3 Å². The molecule has 0 aliphatic carbocycles. The van der Waals surface area contributed by atoms with Crippen molar-refractivity contribution in [1.82, 2.24) is 15.5 Å². The smallest absolute Gasteiger partial charge is 0.321 e. The van der Waals surface area contributed by atoms with Crippen molar-refractivity contribution in [2.75, 3.05) is 32.8 Å². The third kappa shape index (κ3) is 6.89. The second kappa shape index (κ2) is 10.2. The molecule has 1 fully saturated rings. The molecule has 0 aromatic rings. The lowest BCUT2D eigenvalue weighted by molar-refractivity contribution is -0.149. The lowest BCUT2D eigenvalue weighted by atomic mass is 9.97. The van der Waals surface area contributed by atoms with Gasteiger partial charge in [0, 0.05) is 6.54 Å². The Morgan fingerprint density at radius 2 is 1.86 bits per heavy atom. The number of amides is 3. The predicted octanol–water partition coefficient (Wildman–Crippen LogP) is 0.887. The van der Waals surface area contributed by atoms with Crippen molar-refractivity contribution >= 4 is 17.9 Å². The first-order valence-corrected chi connectivity index (χ1v) is 8.03. The SMILES string of the molecule is CCCCNC(=O)NC(=O)CN1CCC(C(=O)OCC)CC1. The third-order valence-electron chi connectivity index (χ3n) is 3.64. The monoisotopic (exact) mass is 313 g/mol. The van der Waals surface area contributed by atoms with Gasteiger partial charge in [0.15, 0.2) is 0 Å². The highest BCUT2D eigenvalue weighted by atomic mass is 16.5. The minimum atomic E-state index is -0.445. The molecule has 1 aliphatic rings. The Morgan fingerprint density at radius 1 is 1.18 bits per heavy atom. The number of imide groups is 1. The fraction of sp³-hybridized carbons (Fsp3) is 0.800. The lowest BCUT2D eigenvalue weighted by Crippen LogP contribution is -2.47. The Hall–Kier alpha value is -1.63. The molecule has 0 bridgehead atoms. The van der Waals surface area contributed by atoms with Gasteiger partial charge >= 0.3 is 12.0 Å². The van der Waals surface area contributed by atoms with E-state index in [0.717, 1.165) is 12.8 Å². The number of rotatable bonds is 7. The second-order valence-corrected chi connectivity index (χ2v) is 5.46. The predicted molar refractivity (Wildman–Crippen MR) is 82.2 cm³/mol. The van der Waals surface area contributed by atoms with Gasteiger partial charge in [-0.1, -0.05) is 13.3 Å². The average Bonchev–Trinajstić information content (AvgIpc) is 2.48. The zero-order valence-electron chi connectivity index (χ0n) is 13.5.